The number of hydrogen-bond donors (Lipinski definition) is 1. The van der Waals surface area contributed by atoms with Crippen LogP contribution in [0.1, 0.15) is 23.0 Å². The zero-order valence-corrected chi connectivity index (χ0v) is 20.0. The van der Waals surface area contributed by atoms with E-state index in [9.17, 15) is 13.2 Å². The second kappa shape index (κ2) is 8.54. The van der Waals surface area contributed by atoms with Crippen LogP contribution in [0.15, 0.2) is 64.9 Å². The van der Waals surface area contributed by atoms with Crippen molar-refractivity contribution in [2.75, 3.05) is 4.72 Å². The van der Waals surface area contributed by atoms with E-state index in [1.165, 1.54) is 24.3 Å². The normalized spacial score (nSPS) is 11.5. The molecule has 0 amide bonds. The summed E-state index contributed by atoms with van der Waals surface area (Å²) < 4.78 is 30.6. The van der Waals surface area contributed by atoms with Crippen molar-refractivity contribution in [3.8, 4) is 22.0 Å². The lowest BCUT2D eigenvalue weighted by Crippen LogP contribution is -2.14. The van der Waals surface area contributed by atoms with Crippen molar-refractivity contribution in [1.29, 1.82) is 0 Å². The molecule has 2 aromatic heterocycles. The van der Waals surface area contributed by atoms with Crippen LogP contribution < -0.4 is 4.72 Å². The van der Waals surface area contributed by atoms with E-state index in [1.807, 2.05) is 29.1 Å². The van der Waals surface area contributed by atoms with Crippen LogP contribution in [-0.4, -0.2) is 23.8 Å². The van der Waals surface area contributed by atoms with Gasteiger partial charge in [0.05, 0.1) is 11.4 Å². The number of Topliss-reactive ketones (excluding diaryl/α,β-unsaturated/α-hetero) is 1. The zero-order chi connectivity index (χ0) is 23.0. The summed E-state index contributed by atoms with van der Waals surface area (Å²) in [6.07, 6.45) is 0. The third-order valence-electron chi connectivity index (χ3n) is 5.16. The van der Waals surface area contributed by atoms with E-state index >= 15 is 0 Å². The number of carbonyl (C=O) groups excluding carboxylic acids is 1. The van der Waals surface area contributed by atoms with Gasteiger partial charge >= 0.3 is 0 Å². The number of halogens is 1. The van der Waals surface area contributed by atoms with Crippen LogP contribution >= 0.6 is 22.9 Å². The maximum atomic E-state index is 13.1. The molecule has 4 aromatic rings. The van der Waals surface area contributed by atoms with Gasteiger partial charge in [-0.25, -0.2) is 13.4 Å². The SMILES string of the molecule is CC(=O)c1cccc(NS(=O)(=O)c2cc(-c3nc(-c4ccc(Cl)cc4)cs3)n(C)c2C)c1. The predicted molar refractivity (Wildman–Crippen MR) is 129 cm³/mol. The third kappa shape index (κ3) is 4.34. The Morgan fingerprint density at radius 1 is 1.12 bits per heavy atom. The van der Waals surface area contributed by atoms with E-state index < -0.39 is 10.0 Å². The minimum absolute atomic E-state index is 0.135. The minimum Gasteiger partial charge on any atom is -0.345 e. The van der Waals surface area contributed by atoms with Gasteiger partial charge in [-0.05, 0) is 44.2 Å². The van der Waals surface area contributed by atoms with Gasteiger partial charge in [0.25, 0.3) is 10.0 Å². The number of benzene rings is 2. The molecule has 0 atom stereocenters. The molecule has 0 unspecified atom stereocenters. The van der Waals surface area contributed by atoms with Crippen molar-refractivity contribution in [2.45, 2.75) is 18.7 Å². The topological polar surface area (TPSA) is 81.1 Å². The highest BCUT2D eigenvalue weighted by atomic mass is 35.5. The number of anilines is 1. The van der Waals surface area contributed by atoms with Gasteiger partial charge in [0.15, 0.2) is 5.78 Å². The summed E-state index contributed by atoms with van der Waals surface area (Å²) >= 11 is 7.41. The summed E-state index contributed by atoms with van der Waals surface area (Å²) in [5, 5.41) is 3.29. The first-order chi connectivity index (χ1) is 15.2. The van der Waals surface area contributed by atoms with Gasteiger partial charge in [0.2, 0.25) is 0 Å². The Morgan fingerprint density at radius 2 is 1.84 bits per heavy atom. The number of thiazole rings is 1. The molecule has 0 saturated heterocycles. The standard InChI is InChI=1S/C23H20ClN3O3S2/c1-14-22(32(29,30)26-19-6-4-5-17(11-19)15(2)28)12-21(27(14)3)23-25-20(13-31-23)16-7-9-18(24)10-8-16/h4-13,26H,1-3H3. The van der Waals surface area contributed by atoms with E-state index in [0.29, 0.717) is 32.7 Å². The summed E-state index contributed by atoms with van der Waals surface area (Å²) in [6, 6.07) is 15.5. The first kappa shape index (κ1) is 22.3. The van der Waals surface area contributed by atoms with Gasteiger partial charge < -0.3 is 4.57 Å². The van der Waals surface area contributed by atoms with Gasteiger partial charge in [-0.2, -0.15) is 0 Å². The number of rotatable bonds is 6. The quantitative estimate of drug-likeness (QED) is 0.351. The summed E-state index contributed by atoms with van der Waals surface area (Å²) in [7, 11) is -2.06. The van der Waals surface area contributed by atoms with Crippen LogP contribution in [0.3, 0.4) is 0 Å². The molecule has 0 aliphatic heterocycles. The lowest BCUT2D eigenvalue weighted by atomic mass is 10.1. The lowest BCUT2D eigenvalue weighted by molar-refractivity contribution is 0.101. The molecule has 0 spiro atoms. The molecule has 1 N–H and O–H groups in total. The first-order valence-corrected chi connectivity index (χ1v) is 12.4. The van der Waals surface area contributed by atoms with Gasteiger partial charge in [-0.3, -0.25) is 9.52 Å². The van der Waals surface area contributed by atoms with E-state index in [1.54, 1.807) is 43.3 Å². The Labute approximate surface area is 195 Å². The van der Waals surface area contributed by atoms with Crippen LogP contribution in [-0.2, 0) is 17.1 Å². The number of aromatic nitrogens is 2. The maximum Gasteiger partial charge on any atom is 0.263 e. The van der Waals surface area contributed by atoms with E-state index in [0.717, 1.165) is 11.3 Å². The van der Waals surface area contributed by atoms with Crippen LogP contribution in [0.25, 0.3) is 22.0 Å². The predicted octanol–water partition coefficient (Wildman–Crippen LogP) is 5.78. The molecule has 0 aliphatic rings. The average molecular weight is 486 g/mol. The Bertz CT molecular complexity index is 1420. The van der Waals surface area contributed by atoms with E-state index in [4.69, 9.17) is 16.6 Å². The Balaban J connectivity index is 1.67. The summed E-state index contributed by atoms with van der Waals surface area (Å²) in [6.45, 7) is 3.19. The van der Waals surface area contributed by atoms with Crippen molar-refractivity contribution in [1.82, 2.24) is 9.55 Å². The molecule has 9 heteroatoms. The van der Waals surface area contributed by atoms with Crippen molar-refractivity contribution in [3.05, 3.63) is 76.3 Å². The van der Waals surface area contributed by atoms with Crippen LogP contribution in [0.2, 0.25) is 5.02 Å². The monoisotopic (exact) mass is 485 g/mol. The van der Waals surface area contributed by atoms with Gasteiger partial charge in [0.1, 0.15) is 9.90 Å². The largest absolute Gasteiger partial charge is 0.345 e. The molecule has 0 saturated carbocycles. The molecule has 4 rings (SSSR count). The molecular weight excluding hydrogens is 466 g/mol. The highest BCUT2D eigenvalue weighted by Crippen LogP contribution is 2.33. The number of nitrogens with one attached hydrogen (secondary N) is 1. The highest BCUT2D eigenvalue weighted by Gasteiger charge is 2.24. The van der Waals surface area contributed by atoms with Crippen LogP contribution in [0.5, 0.6) is 0 Å². The van der Waals surface area contributed by atoms with Crippen LogP contribution in [0, 0.1) is 6.92 Å². The first-order valence-electron chi connectivity index (χ1n) is 9.67. The molecule has 2 aromatic carbocycles. The second-order valence-corrected chi connectivity index (χ2v) is 10.3. The van der Waals surface area contributed by atoms with E-state index in [-0.39, 0.29) is 10.7 Å². The molecule has 0 radical (unpaired) electrons. The molecule has 32 heavy (non-hydrogen) atoms. The molecular formula is C23H20ClN3O3S2. The maximum absolute atomic E-state index is 13.1. The average Bonchev–Trinajstić information content (AvgIpc) is 3.34. The molecule has 0 bridgehead atoms. The van der Waals surface area contributed by atoms with Gasteiger partial charge in [-0.1, -0.05) is 35.9 Å². The van der Waals surface area contributed by atoms with Crippen LogP contribution in [0.4, 0.5) is 5.69 Å². The second-order valence-electron chi connectivity index (χ2n) is 7.33. The molecule has 2 heterocycles. The molecule has 0 aliphatic carbocycles. The summed E-state index contributed by atoms with van der Waals surface area (Å²) in [5.74, 6) is -0.135. The van der Waals surface area contributed by atoms with Crippen molar-refractivity contribution < 1.29 is 13.2 Å². The Morgan fingerprint density at radius 3 is 2.53 bits per heavy atom. The minimum atomic E-state index is -3.87. The lowest BCUT2D eigenvalue weighted by Gasteiger charge is -2.09. The number of ketones is 1. The smallest absolute Gasteiger partial charge is 0.263 e. The fourth-order valence-corrected chi connectivity index (χ4v) is 5.65. The Kier molecular flexibility index (Phi) is 5.94. The number of hydrogen-bond acceptors (Lipinski definition) is 5. The highest BCUT2D eigenvalue weighted by molar-refractivity contribution is 7.92. The van der Waals surface area contributed by atoms with Crippen molar-refractivity contribution >= 4 is 44.4 Å². The molecule has 6 nitrogen and oxygen atoms in total. The fraction of sp³-hybridized carbons (Fsp3) is 0.130. The van der Waals surface area contributed by atoms with Gasteiger partial charge in [-0.15, -0.1) is 11.3 Å². The number of nitrogens with zero attached hydrogens (tertiary/aromatic N) is 2. The third-order valence-corrected chi connectivity index (χ3v) is 7.78. The van der Waals surface area contributed by atoms with E-state index in [2.05, 4.69) is 4.72 Å². The number of sulfonamides is 1. The van der Waals surface area contributed by atoms with Crippen molar-refractivity contribution in [2.24, 2.45) is 7.05 Å². The molecule has 0 fully saturated rings. The summed E-state index contributed by atoms with van der Waals surface area (Å²) in [5.41, 5.74) is 3.78. The van der Waals surface area contributed by atoms with Gasteiger partial charge in [0, 0.05) is 40.0 Å². The molecule has 164 valence electrons. The Hall–Kier alpha value is -2.94. The summed E-state index contributed by atoms with van der Waals surface area (Å²) in [4.78, 5) is 16.5. The fourth-order valence-electron chi connectivity index (χ4n) is 3.31. The number of carbonyl (C=O) groups is 1. The van der Waals surface area contributed by atoms with Crippen molar-refractivity contribution in [3.63, 3.8) is 0 Å². The zero-order valence-electron chi connectivity index (χ0n) is 17.6.